The summed E-state index contributed by atoms with van der Waals surface area (Å²) in [5.41, 5.74) is 4.32. The van der Waals surface area contributed by atoms with E-state index in [1.54, 1.807) is 7.11 Å². The van der Waals surface area contributed by atoms with Gasteiger partial charge in [-0.3, -0.25) is 9.69 Å². The fourth-order valence-corrected chi connectivity index (χ4v) is 5.88. The van der Waals surface area contributed by atoms with Crippen molar-refractivity contribution in [2.75, 3.05) is 26.7 Å². The molecule has 0 unspecified atom stereocenters. The average Bonchev–Trinajstić information content (AvgIpc) is 2.82. The highest BCUT2D eigenvalue weighted by atomic mass is 16.5. The van der Waals surface area contributed by atoms with Crippen molar-refractivity contribution in [2.24, 2.45) is 5.92 Å². The molecule has 0 saturated carbocycles. The molecule has 2 aromatic carbocycles. The lowest BCUT2D eigenvalue weighted by Crippen LogP contribution is -2.55. The molecule has 4 atom stereocenters. The van der Waals surface area contributed by atoms with Gasteiger partial charge in [-0.2, -0.15) is 0 Å². The molecule has 3 heterocycles. The van der Waals surface area contributed by atoms with Gasteiger partial charge in [-0.25, -0.2) is 0 Å². The quantitative estimate of drug-likeness (QED) is 0.790. The number of nitrogens with zero attached hydrogens (tertiary/aromatic N) is 1. The van der Waals surface area contributed by atoms with E-state index in [1.165, 1.54) is 24.0 Å². The van der Waals surface area contributed by atoms with Crippen LogP contribution in [-0.4, -0.2) is 43.6 Å². The lowest BCUT2D eigenvalue weighted by Gasteiger charge is -2.49. The zero-order valence-electron chi connectivity index (χ0n) is 18.6. The molecule has 0 spiro atoms. The third-order valence-electron chi connectivity index (χ3n) is 7.51. The van der Waals surface area contributed by atoms with Gasteiger partial charge in [0.2, 0.25) is 0 Å². The van der Waals surface area contributed by atoms with Crippen LogP contribution in [0.15, 0.2) is 42.5 Å². The molecule has 2 aromatic rings. The smallest absolute Gasteiger partial charge is 0.255 e. The second kappa shape index (κ2) is 8.64. The van der Waals surface area contributed by atoms with E-state index in [-0.39, 0.29) is 18.0 Å². The third kappa shape index (κ3) is 3.85. The van der Waals surface area contributed by atoms with E-state index in [1.807, 2.05) is 31.2 Å². The Balaban J connectivity index is 1.49. The number of benzene rings is 2. The van der Waals surface area contributed by atoms with Crippen LogP contribution in [0.25, 0.3) is 0 Å². The Labute approximate surface area is 185 Å². The monoisotopic (exact) mass is 419 g/mol. The summed E-state index contributed by atoms with van der Waals surface area (Å²) in [4.78, 5) is 16.2. The van der Waals surface area contributed by atoms with Crippen molar-refractivity contribution in [1.82, 2.24) is 15.5 Å². The first kappa shape index (κ1) is 20.5. The van der Waals surface area contributed by atoms with Crippen LogP contribution in [0.2, 0.25) is 0 Å². The predicted molar refractivity (Wildman–Crippen MR) is 122 cm³/mol. The Morgan fingerprint density at radius 2 is 2.06 bits per heavy atom. The van der Waals surface area contributed by atoms with E-state index in [9.17, 15) is 4.79 Å². The average molecular weight is 420 g/mol. The summed E-state index contributed by atoms with van der Waals surface area (Å²) >= 11 is 0. The molecule has 31 heavy (non-hydrogen) atoms. The number of nitrogens with one attached hydrogen (secondary N) is 2. The Morgan fingerprint density at radius 1 is 1.23 bits per heavy atom. The SMILES string of the molecule is COc1ccc2c(c1C(=O)N[C@H](C)c1ccccc1)[C@H]1C[C@@H]3NCCC[C@@H]3CN1CC2. The summed E-state index contributed by atoms with van der Waals surface area (Å²) in [6, 6.07) is 15.0. The molecule has 164 valence electrons. The molecule has 0 aromatic heterocycles. The predicted octanol–water partition coefficient (Wildman–Crippen LogP) is 3.86. The molecular formula is C26H33N3O2. The molecule has 2 saturated heterocycles. The molecule has 3 aliphatic rings. The van der Waals surface area contributed by atoms with Gasteiger partial charge in [0.15, 0.2) is 0 Å². The number of amides is 1. The second-order valence-corrected chi connectivity index (χ2v) is 9.28. The summed E-state index contributed by atoms with van der Waals surface area (Å²) in [7, 11) is 1.67. The van der Waals surface area contributed by atoms with Crippen molar-refractivity contribution < 1.29 is 9.53 Å². The largest absolute Gasteiger partial charge is 0.496 e. The van der Waals surface area contributed by atoms with Crippen LogP contribution in [-0.2, 0) is 6.42 Å². The van der Waals surface area contributed by atoms with Gasteiger partial charge in [0.25, 0.3) is 5.91 Å². The fraction of sp³-hybridized carbons (Fsp3) is 0.500. The van der Waals surface area contributed by atoms with Crippen LogP contribution in [0.1, 0.15) is 65.3 Å². The number of rotatable bonds is 4. The van der Waals surface area contributed by atoms with Crippen LogP contribution in [0, 0.1) is 5.92 Å². The van der Waals surface area contributed by atoms with Gasteiger partial charge in [-0.15, -0.1) is 0 Å². The van der Waals surface area contributed by atoms with Crippen LogP contribution in [0.5, 0.6) is 5.75 Å². The molecule has 3 aliphatic heterocycles. The minimum absolute atomic E-state index is 0.0365. The van der Waals surface area contributed by atoms with Crippen molar-refractivity contribution in [3.05, 3.63) is 64.7 Å². The van der Waals surface area contributed by atoms with Crippen LogP contribution in [0.4, 0.5) is 0 Å². The minimum atomic E-state index is -0.0651. The summed E-state index contributed by atoms with van der Waals surface area (Å²) in [6.07, 6.45) is 4.65. The van der Waals surface area contributed by atoms with Gasteiger partial charge >= 0.3 is 0 Å². The maximum atomic E-state index is 13.6. The molecule has 5 heteroatoms. The Morgan fingerprint density at radius 3 is 2.87 bits per heavy atom. The number of hydrogen-bond acceptors (Lipinski definition) is 4. The standard InChI is InChI=1S/C26H33N3O2/c1-17(18-7-4-3-5-8-18)28-26(30)25-23(31-2)11-10-19-12-14-29-16-20-9-6-13-27-21(20)15-22(29)24(19)25/h3-5,7-8,10-11,17,20-22,27H,6,9,12-16H2,1-2H3,(H,28,30)/t17-,20-,21+,22-/m1/s1. The van der Waals surface area contributed by atoms with Gasteiger partial charge in [-0.1, -0.05) is 36.4 Å². The Bertz CT molecular complexity index is 945. The topological polar surface area (TPSA) is 53.6 Å². The summed E-state index contributed by atoms with van der Waals surface area (Å²) < 4.78 is 5.71. The van der Waals surface area contributed by atoms with Crippen LogP contribution in [0.3, 0.4) is 0 Å². The summed E-state index contributed by atoms with van der Waals surface area (Å²) in [5.74, 6) is 1.37. The minimum Gasteiger partial charge on any atom is -0.496 e. The van der Waals surface area contributed by atoms with E-state index < -0.39 is 0 Å². The Kier molecular flexibility index (Phi) is 5.72. The van der Waals surface area contributed by atoms with E-state index in [2.05, 4.69) is 33.7 Å². The number of fused-ring (bicyclic) bond motifs is 4. The van der Waals surface area contributed by atoms with Gasteiger partial charge in [0, 0.05) is 25.2 Å². The molecule has 2 fully saturated rings. The molecule has 0 aliphatic carbocycles. The van der Waals surface area contributed by atoms with Crippen molar-refractivity contribution in [3.8, 4) is 5.75 Å². The summed E-state index contributed by atoms with van der Waals surface area (Å²) in [6.45, 7) is 5.36. The zero-order valence-corrected chi connectivity index (χ0v) is 18.6. The molecule has 0 bridgehead atoms. The first-order valence-corrected chi connectivity index (χ1v) is 11.7. The van der Waals surface area contributed by atoms with E-state index in [4.69, 9.17) is 4.74 Å². The number of carbonyl (C=O) groups excluding carboxylic acids is 1. The maximum absolute atomic E-state index is 13.6. The van der Waals surface area contributed by atoms with Crippen molar-refractivity contribution in [2.45, 2.75) is 50.7 Å². The third-order valence-corrected chi connectivity index (χ3v) is 7.51. The van der Waals surface area contributed by atoms with Gasteiger partial charge in [-0.05, 0) is 67.8 Å². The molecule has 1 amide bonds. The number of ether oxygens (including phenoxy) is 1. The van der Waals surface area contributed by atoms with Gasteiger partial charge in [0.1, 0.15) is 5.75 Å². The van der Waals surface area contributed by atoms with Crippen LogP contribution < -0.4 is 15.4 Å². The lowest BCUT2D eigenvalue weighted by molar-refractivity contribution is 0.0541. The van der Waals surface area contributed by atoms with Crippen molar-refractivity contribution in [3.63, 3.8) is 0 Å². The molecule has 5 rings (SSSR count). The first-order chi connectivity index (χ1) is 15.2. The first-order valence-electron chi connectivity index (χ1n) is 11.7. The maximum Gasteiger partial charge on any atom is 0.255 e. The highest BCUT2D eigenvalue weighted by Gasteiger charge is 2.41. The van der Waals surface area contributed by atoms with Gasteiger partial charge < -0.3 is 15.4 Å². The zero-order chi connectivity index (χ0) is 21.4. The molecule has 0 radical (unpaired) electrons. The van der Waals surface area contributed by atoms with Crippen molar-refractivity contribution in [1.29, 1.82) is 0 Å². The molecule has 5 nitrogen and oxygen atoms in total. The van der Waals surface area contributed by atoms with Crippen molar-refractivity contribution >= 4 is 5.91 Å². The number of carbonyl (C=O) groups is 1. The number of piperidine rings is 2. The highest BCUT2D eigenvalue weighted by Crippen LogP contribution is 2.44. The van der Waals surface area contributed by atoms with E-state index in [0.717, 1.165) is 49.5 Å². The number of hydrogen-bond donors (Lipinski definition) is 2. The van der Waals surface area contributed by atoms with E-state index in [0.29, 0.717) is 11.8 Å². The number of methoxy groups -OCH3 is 1. The van der Waals surface area contributed by atoms with Gasteiger partial charge in [0.05, 0.1) is 18.7 Å². The van der Waals surface area contributed by atoms with E-state index >= 15 is 0 Å². The lowest BCUT2D eigenvalue weighted by atomic mass is 9.76. The highest BCUT2D eigenvalue weighted by molar-refractivity contribution is 5.99. The summed E-state index contributed by atoms with van der Waals surface area (Å²) in [5, 5.41) is 6.99. The fourth-order valence-electron chi connectivity index (χ4n) is 5.88. The normalized spacial score (nSPS) is 26.2. The molecular weight excluding hydrogens is 386 g/mol. The second-order valence-electron chi connectivity index (χ2n) is 9.28. The van der Waals surface area contributed by atoms with Crippen LogP contribution >= 0.6 is 0 Å². The Hall–Kier alpha value is -2.37. The molecule has 2 N–H and O–H groups in total.